The SMILES string of the molecule is CCCCC/C=C\C/C=C\C/C=C\CCCCCCC(=O)OC(COC(=O)CCCCCCCCCCC/C=C\CCCCCCCC)COP(=O)(O)OCCNC. The number of carbonyl (C=O) groups excluding carboxylic acids is 2. The Bertz CT molecular complexity index is 1090. The second-order valence-electron chi connectivity index (χ2n) is 15.6. The molecule has 0 fully saturated rings. The first kappa shape index (κ1) is 56.0. The molecular formula is C48H88NO8P. The van der Waals surface area contributed by atoms with Crippen LogP contribution in [0.25, 0.3) is 0 Å². The van der Waals surface area contributed by atoms with Gasteiger partial charge in [-0.2, -0.15) is 0 Å². The van der Waals surface area contributed by atoms with E-state index in [4.69, 9.17) is 18.5 Å². The van der Waals surface area contributed by atoms with Gasteiger partial charge in [-0.15, -0.1) is 0 Å². The molecular weight excluding hydrogens is 750 g/mol. The number of ether oxygens (including phenoxy) is 2. The van der Waals surface area contributed by atoms with E-state index in [0.717, 1.165) is 57.8 Å². The van der Waals surface area contributed by atoms with Crippen molar-refractivity contribution < 1.29 is 37.6 Å². The Labute approximate surface area is 356 Å². The third-order valence-corrected chi connectivity index (χ3v) is 10.9. The van der Waals surface area contributed by atoms with Gasteiger partial charge in [-0.3, -0.25) is 18.6 Å². The molecule has 58 heavy (non-hydrogen) atoms. The lowest BCUT2D eigenvalue weighted by molar-refractivity contribution is -0.161. The van der Waals surface area contributed by atoms with Crippen molar-refractivity contribution >= 4 is 19.8 Å². The molecule has 0 radical (unpaired) electrons. The van der Waals surface area contributed by atoms with Gasteiger partial charge in [-0.25, -0.2) is 4.57 Å². The highest BCUT2D eigenvalue weighted by Crippen LogP contribution is 2.43. The fourth-order valence-corrected chi connectivity index (χ4v) is 7.07. The molecule has 2 atom stereocenters. The molecule has 338 valence electrons. The van der Waals surface area contributed by atoms with Crippen LogP contribution in [0.4, 0.5) is 0 Å². The van der Waals surface area contributed by atoms with Crippen LogP contribution in [0.5, 0.6) is 0 Å². The van der Waals surface area contributed by atoms with E-state index in [1.807, 2.05) is 0 Å². The minimum absolute atomic E-state index is 0.0229. The van der Waals surface area contributed by atoms with Gasteiger partial charge in [0.25, 0.3) is 0 Å². The summed E-state index contributed by atoms with van der Waals surface area (Å²) in [5, 5.41) is 2.82. The fraction of sp³-hybridized carbons (Fsp3) is 0.792. The molecule has 0 aromatic rings. The second-order valence-corrected chi connectivity index (χ2v) is 17.0. The van der Waals surface area contributed by atoms with Gasteiger partial charge < -0.3 is 19.7 Å². The normalized spacial score (nSPS) is 13.7. The van der Waals surface area contributed by atoms with Crippen LogP contribution in [0.3, 0.4) is 0 Å². The van der Waals surface area contributed by atoms with Crippen molar-refractivity contribution in [3.63, 3.8) is 0 Å². The molecule has 10 heteroatoms. The van der Waals surface area contributed by atoms with Crippen LogP contribution in [0.1, 0.15) is 206 Å². The second kappa shape index (κ2) is 44.5. The summed E-state index contributed by atoms with van der Waals surface area (Å²) in [5.74, 6) is -0.832. The maximum Gasteiger partial charge on any atom is 0.472 e. The number of allylic oxidation sites excluding steroid dienone is 8. The number of esters is 2. The summed E-state index contributed by atoms with van der Waals surface area (Å²) < 4.78 is 33.2. The molecule has 0 spiro atoms. The first-order valence-electron chi connectivity index (χ1n) is 23.6. The first-order chi connectivity index (χ1) is 28.3. The molecule has 0 saturated heterocycles. The van der Waals surface area contributed by atoms with Crippen LogP contribution < -0.4 is 5.32 Å². The van der Waals surface area contributed by atoms with E-state index in [1.165, 1.54) is 116 Å². The average molecular weight is 838 g/mol. The average Bonchev–Trinajstić information content (AvgIpc) is 3.21. The quantitative estimate of drug-likeness (QED) is 0.0267. The zero-order valence-corrected chi connectivity index (χ0v) is 38.4. The van der Waals surface area contributed by atoms with Crippen LogP contribution in [-0.4, -0.2) is 56.3 Å². The fourth-order valence-electron chi connectivity index (χ4n) is 6.32. The van der Waals surface area contributed by atoms with Crippen molar-refractivity contribution in [2.24, 2.45) is 0 Å². The molecule has 0 heterocycles. The predicted octanol–water partition coefficient (Wildman–Crippen LogP) is 13.8. The van der Waals surface area contributed by atoms with Crippen LogP contribution in [0.15, 0.2) is 48.6 Å². The van der Waals surface area contributed by atoms with Crippen LogP contribution in [-0.2, 0) is 32.7 Å². The largest absolute Gasteiger partial charge is 0.472 e. The number of nitrogens with one attached hydrogen (secondary N) is 1. The number of phosphoric ester groups is 1. The summed E-state index contributed by atoms with van der Waals surface area (Å²) in [4.78, 5) is 35.1. The highest BCUT2D eigenvalue weighted by Gasteiger charge is 2.26. The van der Waals surface area contributed by atoms with Gasteiger partial charge in [0.05, 0.1) is 13.2 Å². The highest BCUT2D eigenvalue weighted by molar-refractivity contribution is 7.47. The molecule has 0 aliphatic heterocycles. The predicted molar refractivity (Wildman–Crippen MR) is 243 cm³/mol. The Morgan fingerprint density at radius 1 is 0.534 bits per heavy atom. The summed E-state index contributed by atoms with van der Waals surface area (Å²) >= 11 is 0. The minimum Gasteiger partial charge on any atom is -0.462 e. The molecule has 0 aromatic heterocycles. The van der Waals surface area contributed by atoms with E-state index >= 15 is 0 Å². The molecule has 0 saturated carbocycles. The maximum atomic E-state index is 12.6. The number of likely N-dealkylation sites (N-methyl/N-ethyl adjacent to an activating group) is 1. The third kappa shape index (κ3) is 43.5. The number of rotatable bonds is 44. The molecule has 9 nitrogen and oxygen atoms in total. The molecule has 0 aromatic carbocycles. The number of hydrogen-bond donors (Lipinski definition) is 2. The zero-order valence-electron chi connectivity index (χ0n) is 37.5. The lowest BCUT2D eigenvalue weighted by Crippen LogP contribution is -2.29. The Balaban J connectivity index is 4.21. The monoisotopic (exact) mass is 838 g/mol. The summed E-state index contributed by atoms with van der Waals surface area (Å²) in [6.45, 7) is 4.18. The van der Waals surface area contributed by atoms with Gasteiger partial charge >= 0.3 is 19.8 Å². The number of hydrogen-bond acceptors (Lipinski definition) is 8. The van der Waals surface area contributed by atoms with Gasteiger partial charge in [-0.1, -0.05) is 165 Å². The molecule has 0 bridgehead atoms. The Morgan fingerprint density at radius 2 is 0.931 bits per heavy atom. The molecule has 0 amide bonds. The van der Waals surface area contributed by atoms with Gasteiger partial charge in [0.1, 0.15) is 6.61 Å². The van der Waals surface area contributed by atoms with Gasteiger partial charge in [-0.05, 0) is 84.1 Å². The highest BCUT2D eigenvalue weighted by atomic mass is 31.2. The van der Waals surface area contributed by atoms with E-state index in [2.05, 4.69) is 67.8 Å². The summed E-state index contributed by atoms with van der Waals surface area (Å²) in [6.07, 6.45) is 50.1. The van der Waals surface area contributed by atoms with Crippen molar-refractivity contribution in [1.82, 2.24) is 5.32 Å². The molecule has 0 aliphatic rings. The van der Waals surface area contributed by atoms with Gasteiger partial charge in [0, 0.05) is 19.4 Å². The lowest BCUT2D eigenvalue weighted by Gasteiger charge is -2.20. The summed E-state index contributed by atoms with van der Waals surface area (Å²) in [5.41, 5.74) is 0. The van der Waals surface area contributed by atoms with Crippen molar-refractivity contribution in [2.45, 2.75) is 213 Å². The summed E-state index contributed by atoms with van der Waals surface area (Å²) in [7, 11) is -2.66. The van der Waals surface area contributed by atoms with E-state index in [0.29, 0.717) is 13.0 Å². The molecule has 0 aliphatic carbocycles. The van der Waals surface area contributed by atoms with E-state index < -0.39 is 26.5 Å². The molecule has 2 N–H and O–H groups in total. The smallest absolute Gasteiger partial charge is 0.462 e. The Hall–Kier alpha value is -2.03. The maximum absolute atomic E-state index is 12.6. The van der Waals surface area contributed by atoms with E-state index in [-0.39, 0.29) is 32.0 Å². The number of carbonyl (C=O) groups is 2. The van der Waals surface area contributed by atoms with Crippen molar-refractivity contribution in [3.8, 4) is 0 Å². The number of phosphoric acid groups is 1. The van der Waals surface area contributed by atoms with E-state index in [9.17, 15) is 19.0 Å². The molecule has 0 rings (SSSR count). The topological polar surface area (TPSA) is 120 Å². The standard InChI is InChI=1S/C48H88NO8P/c1-4-6-8-10-12-14-16-18-20-22-23-25-26-28-30-32-34-36-38-40-47(50)54-44-46(45-56-58(52,53)55-43-42-49-3)57-48(51)41-39-37-35-33-31-29-27-24-21-19-17-15-13-11-9-7-5-2/h13,15,18-21,27,29,46,49H,4-12,14,16-17,22-26,28,30-45H2,1-3H3,(H,52,53)/b15-13-,20-18-,21-19-,29-27-. The van der Waals surface area contributed by atoms with Crippen molar-refractivity contribution in [3.05, 3.63) is 48.6 Å². The van der Waals surface area contributed by atoms with Gasteiger partial charge in [0.2, 0.25) is 0 Å². The van der Waals surface area contributed by atoms with Crippen molar-refractivity contribution in [1.29, 1.82) is 0 Å². The lowest BCUT2D eigenvalue weighted by atomic mass is 10.1. The number of unbranched alkanes of at least 4 members (excludes halogenated alkanes) is 22. The first-order valence-corrected chi connectivity index (χ1v) is 25.1. The van der Waals surface area contributed by atoms with E-state index in [1.54, 1.807) is 7.05 Å². The Morgan fingerprint density at radius 3 is 1.43 bits per heavy atom. The third-order valence-electron chi connectivity index (χ3n) is 9.92. The minimum atomic E-state index is -4.36. The summed E-state index contributed by atoms with van der Waals surface area (Å²) in [6, 6.07) is 0. The van der Waals surface area contributed by atoms with Crippen molar-refractivity contribution in [2.75, 3.05) is 33.4 Å². The van der Waals surface area contributed by atoms with Crippen LogP contribution in [0, 0.1) is 0 Å². The Kier molecular flexibility index (Phi) is 43.0. The zero-order chi connectivity index (χ0) is 42.5. The van der Waals surface area contributed by atoms with Gasteiger partial charge in [0.15, 0.2) is 6.10 Å². The molecule has 2 unspecified atom stereocenters. The van der Waals surface area contributed by atoms with Crippen LogP contribution in [0.2, 0.25) is 0 Å². The van der Waals surface area contributed by atoms with Crippen LogP contribution >= 0.6 is 7.82 Å².